The summed E-state index contributed by atoms with van der Waals surface area (Å²) < 4.78 is 0. The van der Waals surface area contributed by atoms with Crippen molar-refractivity contribution in [3.63, 3.8) is 0 Å². The Labute approximate surface area is 98.2 Å². The van der Waals surface area contributed by atoms with E-state index in [1.807, 2.05) is 24.3 Å². The first-order valence-electron chi connectivity index (χ1n) is 5.24. The Kier molecular flexibility index (Phi) is 2.19. The summed E-state index contributed by atoms with van der Waals surface area (Å²) in [4.78, 5) is 12.6. The molecule has 0 aliphatic heterocycles. The summed E-state index contributed by atoms with van der Waals surface area (Å²) in [5.74, 6) is 0. The van der Waals surface area contributed by atoms with E-state index in [1.54, 1.807) is 24.8 Å². The van der Waals surface area contributed by atoms with Gasteiger partial charge in [0.15, 0.2) is 0 Å². The Balaban J connectivity index is 2.18. The van der Waals surface area contributed by atoms with Crippen molar-refractivity contribution in [3.8, 4) is 11.1 Å². The van der Waals surface area contributed by atoms with Crippen molar-refractivity contribution in [2.75, 3.05) is 5.73 Å². The summed E-state index contributed by atoms with van der Waals surface area (Å²) in [6.45, 7) is 0. The number of pyridine rings is 1. The van der Waals surface area contributed by atoms with Crippen LogP contribution in [0.15, 0.2) is 49.1 Å². The molecular weight excluding hydrogens is 212 g/mol. The Morgan fingerprint density at radius 3 is 2.47 bits per heavy atom. The van der Waals surface area contributed by atoms with Gasteiger partial charge in [-0.3, -0.25) is 15.0 Å². The molecule has 0 bridgehead atoms. The van der Waals surface area contributed by atoms with Crippen LogP contribution in [0.25, 0.3) is 22.2 Å². The van der Waals surface area contributed by atoms with Crippen molar-refractivity contribution < 1.29 is 0 Å². The molecule has 0 aliphatic carbocycles. The molecule has 0 unspecified atom stereocenters. The van der Waals surface area contributed by atoms with Crippen LogP contribution in [-0.4, -0.2) is 15.0 Å². The third-order valence-electron chi connectivity index (χ3n) is 2.56. The normalized spacial score (nSPS) is 10.6. The summed E-state index contributed by atoms with van der Waals surface area (Å²) >= 11 is 0. The fraction of sp³-hybridized carbons (Fsp3) is 0. The molecule has 0 fully saturated rings. The first-order chi connectivity index (χ1) is 8.33. The Morgan fingerprint density at radius 1 is 0.824 bits per heavy atom. The molecule has 0 atom stereocenters. The van der Waals surface area contributed by atoms with Crippen molar-refractivity contribution in [1.82, 2.24) is 15.0 Å². The van der Waals surface area contributed by atoms with Gasteiger partial charge in [0.05, 0.1) is 16.7 Å². The summed E-state index contributed by atoms with van der Waals surface area (Å²) in [6.07, 6.45) is 6.78. The molecule has 17 heavy (non-hydrogen) atoms. The number of rotatable bonds is 1. The number of hydrogen-bond acceptors (Lipinski definition) is 4. The van der Waals surface area contributed by atoms with Crippen molar-refractivity contribution >= 4 is 16.7 Å². The van der Waals surface area contributed by atoms with Crippen molar-refractivity contribution in [3.05, 3.63) is 49.1 Å². The molecule has 0 spiro atoms. The summed E-state index contributed by atoms with van der Waals surface area (Å²) in [7, 11) is 0. The quantitative estimate of drug-likeness (QED) is 0.686. The smallest absolute Gasteiger partial charge is 0.0892 e. The molecule has 4 nitrogen and oxygen atoms in total. The largest absolute Gasteiger partial charge is 0.397 e. The van der Waals surface area contributed by atoms with Gasteiger partial charge in [0, 0.05) is 30.4 Å². The van der Waals surface area contributed by atoms with Crippen LogP contribution in [0.3, 0.4) is 0 Å². The molecule has 2 aromatic heterocycles. The van der Waals surface area contributed by atoms with Gasteiger partial charge in [-0.25, -0.2) is 0 Å². The van der Waals surface area contributed by atoms with E-state index in [0.29, 0.717) is 5.69 Å². The van der Waals surface area contributed by atoms with Crippen molar-refractivity contribution in [2.45, 2.75) is 0 Å². The van der Waals surface area contributed by atoms with Crippen LogP contribution in [0, 0.1) is 0 Å². The van der Waals surface area contributed by atoms with E-state index in [0.717, 1.165) is 22.2 Å². The minimum absolute atomic E-state index is 0.654. The number of fused-ring (bicyclic) bond motifs is 1. The molecule has 0 saturated carbocycles. The molecule has 2 heterocycles. The highest BCUT2D eigenvalue weighted by Gasteiger charge is 2.01. The van der Waals surface area contributed by atoms with E-state index >= 15 is 0 Å². The Morgan fingerprint density at radius 2 is 1.65 bits per heavy atom. The van der Waals surface area contributed by atoms with E-state index in [4.69, 9.17) is 5.73 Å². The maximum atomic E-state index is 5.72. The molecule has 0 aliphatic rings. The van der Waals surface area contributed by atoms with Crippen LogP contribution in [0.2, 0.25) is 0 Å². The highest BCUT2D eigenvalue weighted by atomic mass is 14.8. The average Bonchev–Trinajstić information content (AvgIpc) is 2.38. The second-order valence-corrected chi connectivity index (χ2v) is 3.77. The number of benzene rings is 1. The zero-order valence-corrected chi connectivity index (χ0v) is 9.04. The summed E-state index contributed by atoms with van der Waals surface area (Å²) in [5.41, 5.74) is 10.1. The maximum Gasteiger partial charge on any atom is 0.0892 e. The zero-order valence-electron chi connectivity index (χ0n) is 9.04. The van der Waals surface area contributed by atoms with E-state index in [-0.39, 0.29) is 0 Å². The molecular formula is C13H10N4. The van der Waals surface area contributed by atoms with Gasteiger partial charge < -0.3 is 5.73 Å². The van der Waals surface area contributed by atoms with Crippen LogP contribution < -0.4 is 5.73 Å². The number of nitrogens with two attached hydrogens (primary N) is 1. The molecule has 0 amide bonds. The van der Waals surface area contributed by atoms with E-state index in [2.05, 4.69) is 15.0 Å². The van der Waals surface area contributed by atoms with Gasteiger partial charge in [-0.15, -0.1) is 0 Å². The standard InChI is InChI=1S/C13H10N4/c14-11-5-10(7-15-8-11)9-1-2-12-13(6-9)17-4-3-16-12/h1-8H,14H2. The molecule has 3 aromatic rings. The fourth-order valence-corrected chi connectivity index (χ4v) is 1.76. The third-order valence-corrected chi connectivity index (χ3v) is 2.56. The van der Waals surface area contributed by atoms with Crippen LogP contribution in [-0.2, 0) is 0 Å². The minimum atomic E-state index is 0.654. The van der Waals surface area contributed by atoms with Gasteiger partial charge in [0.25, 0.3) is 0 Å². The van der Waals surface area contributed by atoms with Gasteiger partial charge in [0.2, 0.25) is 0 Å². The topological polar surface area (TPSA) is 64.7 Å². The molecule has 0 radical (unpaired) electrons. The average molecular weight is 222 g/mol. The number of nitrogen functional groups attached to an aromatic ring is 1. The number of anilines is 1. The lowest BCUT2D eigenvalue weighted by Crippen LogP contribution is -1.88. The van der Waals surface area contributed by atoms with Crippen molar-refractivity contribution in [2.24, 2.45) is 0 Å². The molecule has 3 rings (SSSR count). The number of nitrogens with zero attached hydrogens (tertiary/aromatic N) is 3. The number of aromatic nitrogens is 3. The highest BCUT2D eigenvalue weighted by molar-refractivity contribution is 5.81. The SMILES string of the molecule is Nc1cncc(-c2ccc3nccnc3c2)c1. The van der Waals surface area contributed by atoms with Crippen molar-refractivity contribution in [1.29, 1.82) is 0 Å². The maximum absolute atomic E-state index is 5.72. The summed E-state index contributed by atoms with van der Waals surface area (Å²) in [5, 5.41) is 0. The molecule has 4 heteroatoms. The fourth-order valence-electron chi connectivity index (χ4n) is 1.76. The monoisotopic (exact) mass is 222 g/mol. The van der Waals surface area contributed by atoms with Crippen LogP contribution in [0.1, 0.15) is 0 Å². The first kappa shape index (κ1) is 9.72. The lowest BCUT2D eigenvalue weighted by Gasteiger charge is -2.03. The Bertz CT molecular complexity index is 679. The van der Waals surface area contributed by atoms with Gasteiger partial charge >= 0.3 is 0 Å². The second-order valence-electron chi connectivity index (χ2n) is 3.77. The van der Waals surface area contributed by atoms with Gasteiger partial charge in [-0.05, 0) is 23.8 Å². The predicted octanol–water partition coefficient (Wildman–Crippen LogP) is 2.27. The molecule has 1 aromatic carbocycles. The summed E-state index contributed by atoms with van der Waals surface area (Å²) in [6, 6.07) is 7.82. The second kappa shape index (κ2) is 3.83. The predicted molar refractivity (Wildman–Crippen MR) is 67.2 cm³/mol. The van der Waals surface area contributed by atoms with Crippen LogP contribution in [0.5, 0.6) is 0 Å². The van der Waals surface area contributed by atoms with E-state index in [9.17, 15) is 0 Å². The first-order valence-corrected chi connectivity index (χ1v) is 5.24. The lowest BCUT2D eigenvalue weighted by atomic mass is 10.1. The molecule has 0 saturated heterocycles. The van der Waals surface area contributed by atoms with Gasteiger partial charge in [0.1, 0.15) is 0 Å². The molecule has 2 N–H and O–H groups in total. The van der Waals surface area contributed by atoms with Crippen LogP contribution >= 0.6 is 0 Å². The number of hydrogen-bond donors (Lipinski definition) is 1. The van der Waals surface area contributed by atoms with Gasteiger partial charge in [-0.2, -0.15) is 0 Å². The van der Waals surface area contributed by atoms with E-state index in [1.165, 1.54) is 0 Å². The Hall–Kier alpha value is -2.49. The van der Waals surface area contributed by atoms with E-state index < -0.39 is 0 Å². The van der Waals surface area contributed by atoms with Crippen LogP contribution in [0.4, 0.5) is 5.69 Å². The highest BCUT2D eigenvalue weighted by Crippen LogP contribution is 2.22. The van der Waals surface area contributed by atoms with Gasteiger partial charge in [-0.1, -0.05) is 6.07 Å². The minimum Gasteiger partial charge on any atom is -0.397 e. The molecule has 82 valence electrons. The third kappa shape index (κ3) is 1.80. The lowest BCUT2D eigenvalue weighted by molar-refractivity contribution is 1.29. The zero-order chi connectivity index (χ0) is 11.7.